The number of halogens is 1. The second-order valence-corrected chi connectivity index (χ2v) is 6.89. The SMILES string of the molecule is CCOCCCNC(=NC)NCCCCN1CC(C)CC(C)C1.I. The first-order valence-electron chi connectivity index (χ1n) is 9.40. The van der Waals surface area contributed by atoms with E-state index in [0.29, 0.717) is 0 Å². The summed E-state index contributed by atoms with van der Waals surface area (Å²) in [6.45, 7) is 14.1. The summed E-state index contributed by atoms with van der Waals surface area (Å²) in [6.07, 6.45) is 4.86. The average molecular weight is 454 g/mol. The molecule has 0 bridgehead atoms. The van der Waals surface area contributed by atoms with Crippen molar-refractivity contribution in [2.75, 3.05) is 53.0 Å². The predicted octanol–water partition coefficient (Wildman–Crippen LogP) is 2.95. The van der Waals surface area contributed by atoms with Gasteiger partial charge in [0.1, 0.15) is 0 Å². The molecule has 1 fully saturated rings. The molecule has 2 unspecified atom stereocenters. The minimum Gasteiger partial charge on any atom is -0.382 e. The van der Waals surface area contributed by atoms with Crippen LogP contribution in [-0.4, -0.2) is 63.8 Å². The van der Waals surface area contributed by atoms with E-state index in [1.807, 2.05) is 14.0 Å². The van der Waals surface area contributed by atoms with Gasteiger partial charge in [0, 0.05) is 46.4 Å². The Morgan fingerprint density at radius 1 is 1.08 bits per heavy atom. The lowest BCUT2D eigenvalue weighted by atomic mass is 9.92. The van der Waals surface area contributed by atoms with Crippen molar-refractivity contribution in [3.8, 4) is 0 Å². The van der Waals surface area contributed by atoms with Gasteiger partial charge in [0.2, 0.25) is 0 Å². The van der Waals surface area contributed by atoms with Crippen LogP contribution in [0.5, 0.6) is 0 Å². The molecule has 1 rings (SSSR count). The van der Waals surface area contributed by atoms with E-state index in [2.05, 4.69) is 34.4 Å². The summed E-state index contributed by atoms with van der Waals surface area (Å²) in [4.78, 5) is 6.89. The van der Waals surface area contributed by atoms with Crippen LogP contribution in [-0.2, 0) is 4.74 Å². The fraction of sp³-hybridized carbons (Fsp3) is 0.944. The first kappa shape index (κ1) is 23.9. The van der Waals surface area contributed by atoms with Gasteiger partial charge in [0.05, 0.1) is 0 Å². The molecule has 0 amide bonds. The van der Waals surface area contributed by atoms with Crippen molar-refractivity contribution < 1.29 is 4.74 Å². The van der Waals surface area contributed by atoms with Crippen molar-refractivity contribution in [3.63, 3.8) is 0 Å². The number of nitrogens with zero attached hydrogens (tertiary/aromatic N) is 2. The highest BCUT2D eigenvalue weighted by Crippen LogP contribution is 2.20. The topological polar surface area (TPSA) is 48.9 Å². The number of hydrogen-bond acceptors (Lipinski definition) is 3. The van der Waals surface area contributed by atoms with E-state index < -0.39 is 0 Å². The van der Waals surface area contributed by atoms with Gasteiger partial charge in [-0.3, -0.25) is 4.99 Å². The molecule has 0 spiro atoms. The van der Waals surface area contributed by atoms with Gasteiger partial charge in [-0.25, -0.2) is 0 Å². The summed E-state index contributed by atoms with van der Waals surface area (Å²) in [5, 5.41) is 6.72. The van der Waals surface area contributed by atoms with Crippen LogP contribution in [0.4, 0.5) is 0 Å². The van der Waals surface area contributed by atoms with Gasteiger partial charge in [-0.1, -0.05) is 13.8 Å². The molecule has 0 aromatic rings. The Morgan fingerprint density at radius 3 is 2.29 bits per heavy atom. The van der Waals surface area contributed by atoms with E-state index in [1.54, 1.807) is 0 Å². The molecule has 6 heteroatoms. The second kappa shape index (κ2) is 15.2. The molecule has 0 radical (unpaired) electrons. The van der Waals surface area contributed by atoms with Gasteiger partial charge in [0.15, 0.2) is 5.96 Å². The molecule has 0 aromatic carbocycles. The summed E-state index contributed by atoms with van der Waals surface area (Å²) in [5.74, 6) is 2.62. The second-order valence-electron chi connectivity index (χ2n) is 6.89. The smallest absolute Gasteiger partial charge is 0.190 e. The Hall–Kier alpha value is -0.0800. The highest BCUT2D eigenvalue weighted by atomic mass is 127. The molecule has 1 saturated heterocycles. The minimum atomic E-state index is 0. The van der Waals surface area contributed by atoms with E-state index in [4.69, 9.17) is 4.74 Å². The maximum absolute atomic E-state index is 5.33. The van der Waals surface area contributed by atoms with Gasteiger partial charge in [-0.05, 0) is 51.0 Å². The number of ether oxygens (including phenoxy) is 1. The van der Waals surface area contributed by atoms with E-state index in [-0.39, 0.29) is 24.0 Å². The molecule has 5 nitrogen and oxygen atoms in total. The Morgan fingerprint density at radius 2 is 1.71 bits per heavy atom. The maximum atomic E-state index is 5.33. The van der Waals surface area contributed by atoms with Gasteiger partial charge in [-0.15, -0.1) is 24.0 Å². The van der Waals surface area contributed by atoms with Crippen molar-refractivity contribution in [3.05, 3.63) is 0 Å². The van der Waals surface area contributed by atoms with Crippen molar-refractivity contribution >= 4 is 29.9 Å². The lowest BCUT2D eigenvalue weighted by Gasteiger charge is -2.34. The lowest BCUT2D eigenvalue weighted by Crippen LogP contribution is -2.40. The molecular weight excluding hydrogens is 415 g/mol. The van der Waals surface area contributed by atoms with Crippen LogP contribution in [0, 0.1) is 11.8 Å². The summed E-state index contributed by atoms with van der Waals surface area (Å²) < 4.78 is 5.33. The third-order valence-electron chi connectivity index (χ3n) is 4.32. The van der Waals surface area contributed by atoms with Gasteiger partial charge in [-0.2, -0.15) is 0 Å². The zero-order valence-corrected chi connectivity index (χ0v) is 18.5. The molecule has 24 heavy (non-hydrogen) atoms. The van der Waals surface area contributed by atoms with E-state index in [9.17, 15) is 0 Å². The van der Waals surface area contributed by atoms with Crippen LogP contribution < -0.4 is 10.6 Å². The van der Waals surface area contributed by atoms with Crippen molar-refractivity contribution in [1.29, 1.82) is 0 Å². The number of likely N-dealkylation sites (tertiary alicyclic amines) is 1. The number of unbranched alkanes of at least 4 members (excludes halogenated alkanes) is 1. The number of guanidine groups is 1. The third kappa shape index (κ3) is 11.5. The van der Waals surface area contributed by atoms with Gasteiger partial charge >= 0.3 is 0 Å². The lowest BCUT2D eigenvalue weighted by molar-refractivity contribution is 0.139. The number of aliphatic imine (C=N–C) groups is 1. The molecule has 144 valence electrons. The summed E-state index contributed by atoms with van der Waals surface area (Å²) in [7, 11) is 1.83. The van der Waals surface area contributed by atoms with Crippen LogP contribution in [0.15, 0.2) is 4.99 Å². The summed E-state index contributed by atoms with van der Waals surface area (Å²) >= 11 is 0. The number of hydrogen-bond donors (Lipinski definition) is 2. The molecule has 1 aliphatic heterocycles. The first-order valence-corrected chi connectivity index (χ1v) is 9.40. The molecule has 1 aliphatic rings. The molecule has 1 heterocycles. The van der Waals surface area contributed by atoms with E-state index in [0.717, 1.165) is 50.5 Å². The average Bonchev–Trinajstić information content (AvgIpc) is 2.51. The van der Waals surface area contributed by atoms with Crippen LogP contribution in [0.1, 0.15) is 46.5 Å². The minimum absolute atomic E-state index is 0. The largest absolute Gasteiger partial charge is 0.382 e. The Balaban J connectivity index is 0.00000529. The quantitative estimate of drug-likeness (QED) is 0.231. The van der Waals surface area contributed by atoms with Crippen LogP contribution in [0.25, 0.3) is 0 Å². The molecule has 2 N–H and O–H groups in total. The third-order valence-corrected chi connectivity index (χ3v) is 4.32. The number of piperidine rings is 1. The molecule has 2 atom stereocenters. The normalized spacial score (nSPS) is 22.1. The maximum Gasteiger partial charge on any atom is 0.190 e. The van der Waals surface area contributed by atoms with Gasteiger partial charge in [0.25, 0.3) is 0 Å². The molecule has 0 aliphatic carbocycles. The zero-order valence-electron chi connectivity index (χ0n) is 16.1. The predicted molar refractivity (Wildman–Crippen MR) is 115 cm³/mol. The van der Waals surface area contributed by atoms with E-state index >= 15 is 0 Å². The monoisotopic (exact) mass is 454 g/mol. The fourth-order valence-electron chi connectivity index (χ4n) is 3.39. The zero-order chi connectivity index (χ0) is 16.9. The van der Waals surface area contributed by atoms with Crippen molar-refractivity contribution in [2.45, 2.75) is 46.5 Å². The standard InChI is InChI=1S/C18H38N4O.HI/c1-5-23-12-8-10-21-18(19-4)20-9-6-7-11-22-14-16(2)13-17(3)15-22;/h16-17H,5-15H2,1-4H3,(H2,19,20,21);1H. The first-order chi connectivity index (χ1) is 11.2. The van der Waals surface area contributed by atoms with Crippen molar-refractivity contribution in [2.24, 2.45) is 16.8 Å². The Kier molecular flexibility index (Phi) is 15.1. The number of rotatable bonds is 10. The summed E-state index contributed by atoms with van der Waals surface area (Å²) in [5.41, 5.74) is 0. The fourth-order valence-corrected chi connectivity index (χ4v) is 3.39. The van der Waals surface area contributed by atoms with E-state index in [1.165, 1.54) is 38.9 Å². The molecular formula is C18H39IN4O. The Bertz CT molecular complexity index is 318. The highest BCUT2D eigenvalue weighted by Gasteiger charge is 2.20. The highest BCUT2D eigenvalue weighted by molar-refractivity contribution is 14.0. The summed E-state index contributed by atoms with van der Waals surface area (Å²) in [6, 6.07) is 0. The van der Waals surface area contributed by atoms with Crippen LogP contribution in [0.2, 0.25) is 0 Å². The van der Waals surface area contributed by atoms with Crippen molar-refractivity contribution in [1.82, 2.24) is 15.5 Å². The molecule has 0 aromatic heterocycles. The molecule has 0 saturated carbocycles. The van der Waals surface area contributed by atoms with Gasteiger partial charge < -0.3 is 20.3 Å². The number of nitrogens with one attached hydrogen (secondary N) is 2. The van der Waals surface area contributed by atoms with Crippen LogP contribution >= 0.6 is 24.0 Å². The van der Waals surface area contributed by atoms with Crippen LogP contribution in [0.3, 0.4) is 0 Å². The Labute approximate surface area is 166 Å².